The van der Waals surface area contributed by atoms with Gasteiger partial charge in [-0.2, -0.15) is 4.98 Å². The first-order valence-corrected chi connectivity index (χ1v) is 10.7. The lowest BCUT2D eigenvalue weighted by Gasteiger charge is -2.30. The van der Waals surface area contributed by atoms with Crippen LogP contribution in [-0.4, -0.2) is 28.9 Å². The van der Waals surface area contributed by atoms with Crippen LogP contribution in [0.1, 0.15) is 61.3 Å². The molecule has 2 aromatic rings. The number of hydrogen-bond donors (Lipinski definition) is 1. The second-order valence-corrected chi connectivity index (χ2v) is 8.52. The van der Waals surface area contributed by atoms with E-state index in [1.165, 1.54) is 37.8 Å². The zero-order chi connectivity index (χ0) is 20.7. The summed E-state index contributed by atoms with van der Waals surface area (Å²) in [5.41, 5.74) is 3.00. The molecular formula is C22H25F3N4O. The van der Waals surface area contributed by atoms with Gasteiger partial charge in [-0.1, -0.05) is 18.9 Å². The second-order valence-electron chi connectivity index (χ2n) is 8.52. The largest absolute Gasteiger partial charge is 0.573 e. The summed E-state index contributed by atoms with van der Waals surface area (Å²) in [5.74, 6) is 1.97. The Bertz CT molecular complexity index is 923. The number of halogens is 3. The molecule has 3 aliphatic rings. The van der Waals surface area contributed by atoms with Crippen LogP contribution in [0.2, 0.25) is 0 Å². The van der Waals surface area contributed by atoms with Crippen LogP contribution in [0, 0.1) is 0 Å². The number of alkyl halides is 3. The molecule has 0 spiro atoms. The average Bonchev–Trinajstić information content (AvgIpc) is 3.44. The third-order valence-electron chi connectivity index (χ3n) is 6.16. The molecule has 0 saturated heterocycles. The van der Waals surface area contributed by atoms with Gasteiger partial charge in [0.05, 0.1) is 5.69 Å². The molecule has 1 aromatic carbocycles. The van der Waals surface area contributed by atoms with Gasteiger partial charge in [-0.3, -0.25) is 0 Å². The maximum absolute atomic E-state index is 12.5. The first-order chi connectivity index (χ1) is 14.4. The van der Waals surface area contributed by atoms with Crippen molar-refractivity contribution in [1.82, 2.24) is 9.97 Å². The van der Waals surface area contributed by atoms with Gasteiger partial charge >= 0.3 is 6.36 Å². The fraction of sp³-hybridized carbons (Fsp3) is 0.545. The van der Waals surface area contributed by atoms with Crippen LogP contribution in [0.3, 0.4) is 0 Å². The molecular weight excluding hydrogens is 393 g/mol. The van der Waals surface area contributed by atoms with Gasteiger partial charge in [-0.15, -0.1) is 13.2 Å². The summed E-state index contributed by atoms with van der Waals surface area (Å²) < 4.78 is 41.6. The Balaban J connectivity index is 1.36. The molecule has 0 atom stereocenters. The van der Waals surface area contributed by atoms with E-state index in [4.69, 9.17) is 9.97 Å². The third-order valence-corrected chi connectivity index (χ3v) is 6.16. The molecule has 0 radical (unpaired) electrons. The smallest absolute Gasteiger partial charge is 0.406 e. The van der Waals surface area contributed by atoms with Crippen molar-refractivity contribution in [2.24, 2.45) is 0 Å². The third kappa shape index (κ3) is 4.47. The molecule has 2 aliphatic carbocycles. The fourth-order valence-corrected chi connectivity index (χ4v) is 4.44. The topological polar surface area (TPSA) is 50.3 Å². The summed E-state index contributed by atoms with van der Waals surface area (Å²) in [5, 5.41) is 3.52. The Morgan fingerprint density at radius 2 is 1.80 bits per heavy atom. The maximum atomic E-state index is 12.5. The van der Waals surface area contributed by atoms with E-state index in [1.807, 2.05) is 0 Å². The van der Waals surface area contributed by atoms with Crippen LogP contribution in [0.25, 0.3) is 0 Å². The van der Waals surface area contributed by atoms with Crippen molar-refractivity contribution in [1.29, 1.82) is 0 Å². The van der Waals surface area contributed by atoms with E-state index >= 15 is 0 Å². The molecule has 2 heterocycles. The molecule has 8 heteroatoms. The standard InChI is InChI=1S/C22H25F3N4O/c23-22(24,25)30-18-8-7-16-13-29(10-9-15(16)11-18)20-12-19(14-5-6-14)27-21(28-20)26-17-3-1-2-4-17/h7-8,11-12,14,17H,1-6,9-10,13H2,(H,26,27,28). The molecule has 0 bridgehead atoms. The molecule has 0 unspecified atom stereocenters. The first-order valence-electron chi connectivity index (χ1n) is 10.7. The van der Waals surface area contributed by atoms with Crippen molar-refractivity contribution in [3.05, 3.63) is 41.1 Å². The molecule has 160 valence electrons. The molecule has 1 aromatic heterocycles. The highest BCUT2D eigenvalue weighted by molar-refractivity contribution is 5.50. The van der Waals surface area contributed by atoms with Crippen molar-refractivity contribution >= 4 is 11.8 Å². The van der Waals surface area contributed by atoms with Crippen molar-refractivity contribution in [2.75, 3.05) is 16.8 Å². The summed E-state index contributed by atoms with van der Waals surface area (Å²) in [4.78, 5) is 11.8. The molecule has 2 fully saturated rings. The number of nitrogens with zero attached hydrogens (tertiary/aromatic N) is 3. The first kappa shape index (κ1) is 19.5. The summed E-state index contributed by atoms with van der Waals surface area (Å²) in [6, 6.07) is 7.15. The Hall–Kier alpha value is -2.51. The number of rotatable bonds is 5. The van der Waals surface area contributed by atoms with Gasteiger partial charge in [0.1, 0.15) is 11.6 Å². The predicted octanol–water partition coefficient (Wildman–Crippen LogP) is 5.17. The molecule has 5 nitrogen and oxygen atoms in total. The number of benzene rings is 1. The lowest BCUT2D eigenvalue weighted by atomic mass is 9.99. The summed E-state index contributed by atoms with van der Waals surface area (Å²) in [6.45, 7) is 1.32. The molecule has 0 amide bonds. The molecule has 30 heavy (non-hydrogen) atoms. The van der Waals surface area contributed by atoms with E-state index in [-0.39, 0.29) is 5.75 Å². The number of hydrogen-bond acceptors (Lipinski definition) is 5. The van der Waals surface area contributed by atoms with Crippen LogP contribution >= 0.6 is 0 Å². The van der Waals surface area contributed by atoms with E-state index in [9.17, 15) is 13.2 Å². The number of ether oxygens (including phenoxy) is 1. The zero-order valence-corrected chi connectivity index (χ0v) is 16.7. The Morgan fingerprint density at radius 1 is 1.00 bits per heavy atom. The lowest BCUT2D eigenvalue weighted by molar-refractivity contribution is -0.274. The van der Waals surface area contributed by atoms with Crippen LogP contribution < -0.4 is 15.0 Å². The number of nitrogens with one attached hydrogen (secondary N) is 1. The lowest BCUT2D eigenvalue weighted by Crippen LogP contribution is -2.31. The normalized spacial score (nSPS) is 19.6. The van der Waals surface area contributed by atoms with Gasteiger partial charge in [0.25, 0.3) is 0 Å². The van der Waals surface area contributed by atoms with Crippen LogP contribution in [0.4, 0.5) is 24.9 Å². The highest BCUT2D eigenvalue weighted by Crippen LogP contribution is 2.41. The van der Waals surface area contributed by atoms with Gasteiger partial charge < -0.3 is 15.0 Å². The summed E-state index contributed by atoms with van der Waals surface area (Å²) in [6.07, 6.45) is 3.13. The van der Waals surface area contributed by atoms with Crippen molar-refractivity contribution < 1.29 is 17.9 Å². The Labute approximate surface area is 173 Å². The number of anilines is 2. The maximum Gasteiger partial charge on any atom is 0.573 e. The van der Waals surface area contributed by atoms with Crippen molar-refractivity contribution in [3.8, 4) is 5.75 Å². The average molecular weight is 418 g/mol. The zero-order valence-electron chi connectivity index (χ0n) is 16.7. The predicted molar refractivity (Wildman–Crippen MR) is 108 cm³/mol. The monoisotopic (exact) mass is 418 g/mol. The minimum Gasteiger partial charge on any atom is -0.406 e. The van der Waals surface area contributed by atoms with Gasteiger partial charge in [-0.25, -0.2) is 4.98 Å². The molecule has 1 aliphatic heterocycles. The number of aromatic nitrogens is 2. The van der Waals surface area contributed by atoms with E-state index in [1.54, 1.807) is 6.07 Å². The van der Waals surface area contributed by atoms with Gasteiger partial charge in [0.15, 0.2) is 0 Å². The Morgan fingerprint density at radius 3 is 2.53 bits per heavy atom. The SMILES string of the molecule is FC(F)(F)Oc1ccc2c(c1)CCN(c1cc(C3CC3)nc(NC3CCCC3)n1)C2. The van der Waals surface area contributed by atoms with Gasteiger partial charge in [-0.05, 0) is 55.4 Å². The molecule has 2 saturated carbocycles. The molecule has 5 rings (SSSR count). The van der Waals surface area contributed by atoms with Crippen LogP contribution in [-0.2, 0) is 13.0 Å². The van der Waals surface area contributed by atoms with E-state index in [2.05, 4.69) is 21.0 Å². The number of fused-ring (bicyclic) bond motifs is 1. The highest BCUT2D eigenvalue weighted by atomic mass is 19.4. The van der Waals surface area contributed by atoms with Crippen molar-refractivity contribution in [2.45, 2.75) is 69.8 Å². The van der Waals surface area contributed by atoms with Gasteiger partial charge in [0, 0.05) is 31.1 Å². The Kier molecular flexibility index (Phi) is 4.95. The minimum atomic E-state index is -4.67. The second kappa shape index (κ2) is 7.63. The van der Waals surface area contributed by atoms with Crippen LogP contribution in [0.5, 0.6) is 5.75 Å². The van der Waals surface area contributed by atoms with E-state index in [0.717, 1.165) is 35.5 Å². The fourth-order valence-electron chi connectivity index (χ4n) is 4.44. The summed E-state index contributed by atoms with van der Waals surface area (Å²) in [7, 11) is 0. The minimum absolute atomic E-state index is 0.157. The highest BCUT2D eigenvalue weighted by Gasteiger charge is 2.32. The summed E-state index contributed by atoms with van der Waals surface area (Å²) >= 11 is 0. The van der Waals surface area contributed by atoms with E-state index < -0.39 is 6.36 Å². The quantitative estimate of drug-likeness (QED) is 0.726. The van der Waals surface area contributed by atoms with E-state index in [0.29, 0.717) is 37.4 Å². The van der Waals surface area contributed by atoms with Crippen LogP contribution in [0.15, 0.2) is 24.3 Å². The molecule has 1 N–H and O–H groups in total. The van der Waals surface area contributed by atoms with Crippen molar-refractivity contribution in [3.63, 3.8) is 0 Å². The van der Waals surface area contributed by atoms with Gasteiger partial charge in [0.2, 0.25) is 5.95 Å².